The molecule has 0 bridgehead atoms. The summed E-state index contributed by atoms with van der Waals surface area (Å²) in [6.45, 7) is 6.49. The van der Waals surface area contributed by atoms with E-state index in [1.807, 2.05) is 42.5 Å². The third-order valence-corrected chi connectivity index (χ3v) is 4.34. The minimum atomic E-state index is 0.0594. The van der Waals surface area contributed by atoms with Crippen molar-refractivity contribution in [3.05, 3.63) is 77.4 Å². The van der Waals surface area contributed by atoms with Crippen LogP contribution in [0.4, 0.5) is 0 Å². The largest absolute Gasteiger partial charge is 0.245 e. The molecule has 126 valence electrons. The zero-order valence-electron chi connectivity index (χ0n) is 15.1. The van der Waals surface area contributed by atoms with Gasteiger partial charge in [-0.1, -0.05) is 75.4 Å². The molecule has 0 spiro atoms. The molecule has 2 aromatic carbocycles. The van der Waals surface area contributed by atoms with Gasteiger partial charge in [-0.15, -0.1) is 0 Å². The number of rotatable bonds is 2. The normalized spacial score (nSPS) is 10.8. The SMILES string of the molecule is CC(C)(C)c1ccc(-c2nc(-c3ccccc3)c(C#N)cc2C#N)cc1. The Morgan fingerprint density at radius 1 is 0.731 bits per heavy atom. The summed E-state index contributed by atoms with van der Waals surface area (Å²) in [5.74, 6) is 0. The predicted molar refractivity (Wildman–Crippen MR) is 103 cm³/mol. The average Bonchev–Trinajstić information content (AvgIpc) is 2.67. The van der Waals surface area contributed by atoms with Gasteiger partial charge in [0.15, 0.2) is 0 Å². The molecule has 0 aliphatic heterocycles. The number of pyridine rings is 1. The minimum absolute atomic E-state index is 0.0594. The Balaban J connectivity index is 2.19. The average molecular weight is 337 g/mol. The Morgan fingerprint density at radius 2 is 1.23 bits per heavy atom. The highest BCUT2D eigenvalue weighted by Crippen LogP contribution is 2.30. The lowest BCUT2D eigenvalue weighted by Crippen LogP contribution is -2.10. The Morgan fingerprint density at radius 3 is 1.69 bits per heavy atom. The number of nitriles is 2. The van der Waals surface area contributed by atoms with Crippen LogP contribution in [0.15, 0.2) is 60.7 Å². The molecule has 0 fully saturated rings. The van der Waals surface area contributed by atoms with E-state index in [0.29, 0.717) is 22.5 Å². The van der Waals surface area contributed by atoms with Gasteiger partial charge in [0.1, 0.15) is 12.1 Å². The Bertz CT molecular complexity index is 1010. The molecule has 1 aromatic heterocycles. The summed E-state index contributed by atoms with van der Waals surface area (Å²) in [7, 11) is 0. The second-order valence-electron chi connectivity index (χ2n) is 7.20. The highest BCUT2D eigenvalue weighted by atomic mass is 14.7. The Hall–Kier alpha value is -3.43. The number of benzene rings is 2. The lowest BCUT2D eigenvalue weighted by molar-refractivity contribution is 0.590. The first-order valence-corrected chi connectivity index (χ1v) is 8.45. The van der Waals surface area contributed by atoms with E-state index in [1.165, 1.54) is 5.56 Å². The monoisotopic (exact) mass is 337 g/mol. The molecule has 0 unspecified atom stereocenters. The first-order valence-electron chi connectivity index (χ1n) is 8.45. The van der Waals surface area contributed by atoms with Crippen LogP contribution in [0.5, 0.6) is 0 Å². The molecule has 26 heavy (non-hydrogen) atoms. The van der Waals surface area contributed by atoms with E-state index >= 15 is 0 Å². The molecule has 0 saturated carbocycles. The van der Waals surface area contributed by atoms with Crippen LogP contribution < -0.4 is 0 Å². The molecule has 0 N–H and O–H groups in total. The number of hydrogen-bond donors (Lipinski definition) is 0. The lowest BCUT2D eigenvalue weighted by atomic mass is 9.86. The summed E-state index contributed by atoms with van der Waals surface area (Å²) in [6, 6.07) is 23.7. The van der Waals surface area contributed by atoms with Crippen LogP contribution in [-0.2, 0) is 5.41 Å². The first kappa shape index (κ1) is 17.4. The molecule has 0 saturated heterocycles. The van der Waals surface area contributed by atoms with E-state index in [1.54, 1.807) is 6.07 Å². The van der Waals surface area contributed by atoms with Crippen LogP contribution in [0.3, 0.4) is 0 Å². The summed E-state index contributed by atoms with van der Waals surface area (Å²) in [6.07, 6.45) is 0. The van der Waals surface area contributed by atoms with Crippen molar-refractivity contribution in [2.24, 2.45) is 0 Å². The molecule has 0 amide bonds. The van der Waals surface area contributed by atoms with E-state index in [9.17, 15) is 10.5 Å². The van der Waals surface area contributed by atoms with Gasteiger partial charge in [0.25, 0.3) is 0 Å². The maximum absolute atomic E-state index is 9.55. The van der Waals surface area contributed by atoms with Gasteiger partial charge in [-0.05, 0) is 17.0 Å². The number of hydrogen-bond acceptors (Lipinski definition) is 3. The maximum atomic E-state index is 9.55. The second kappa shape index (κ2) is 6.82. The molecular weight excluding hydrogens is 318 g/mol. The van der Waals surface area contributed by atoms with Crippen LogP contribution >= 0.6 is 0 Å². The molecule has 0 atom stereocenters. The van der Waals surface area contributed by atoms with Gasteiger partial charge in [-0.25, -0.2) is 4.98 Å². The van der Waals surface area contributed by atoms with Crippen LogP contribution in [0, 0.1) is 22.7 Å². The lowest BCUT2D eigenvalue weighted by Gasteiger charge is -2.19. The zero-order valence-corrected chi connectivity index (χ0v) is 15.1. The number of nitrogens with zero attached hydrogens (tertiary/aromatic N) is 3. The van der Waals surface area contributed by atoms with E-state index in [0.717, 1.165) is 11.1 Å². The van der Waals surface area contributed by atoms with Crippen LogP contribution in [0.25, 0.3) is 22.5 Å². The fraction of sp³-hybridized carbons (Fsp3) is 0.174. The van der Waals surface area contributed by atoms with Gasteiger partial charge in [0.05, 0.1) is 22.5 Å². The molecular formula is C23H19N3. The first-order chi connectivity index (χ1) is 12.4. The van der Waals surface area contributed by atoms with Crippen molar-refractivity contribution in [3.8, 4) is 34.7 Å². The molecule has 3 nitrogen and oxygen atoms in total. The molecule has 0 aliphatic rings. The predicted octanol–water partition coefficient (Wildman–Crippen LogP) is 5.46. The van der Waals surface area contributed by atoms with Crippen molar-refractivity contribution in [1.82, 2.24) is 4.98 Å². The molecule has 0 aliphatic carbocycles. The molecule has 3 rings (SSSR count). The summed E-state index contributed by atoms with van der Waals surface area (Å²) in [5, 5.41) is 19.0. The van der Waals surface area contributed by atoms with Gasteiger partial charge >= 0.3 is 0 Å². The summed E-state index contributed by atoms with van der Waals surface area (Å²) < 4.78 is 0. The van der Waals surface area contributed by atoms with Gasteiger partial charge in [-0.2, -0.15) is 10.5 Å². The van der Waals surface area contributed by atoms with E-state index in [-0.39, 0.29) is 5.41 Å². The fourth-order valence-electron chi connectivity index (χ4n) is 2.85. The quantitative estimate of drug-likeness (QED) is 0.624. The number of aromatic nitrogens is 1. The van der Waals surface area contributed by atoms with Crippen LogP contribution in [0.2, 0.25) is 0 Å². The molecule has 0 radical (unpaired) electrons. The third-order valence-electron chi connectivity index (χ3n) is 4.34. The summed E-state index contributed by atoms with van der Waals surface area (Å²) in [5.41, 5.74) is 5.03. The van der Waals surface area contributed by atoms with Crippen molar-refractivity contribution < 1.29 is 0 Å². The standard InChI is InChI=1S/C23H19N3/c1-23(2,3)20-11-9-17(10-12-20)22-19(15-25)13-18(14-24)21(26-22)16-7-5-4-6-8-16/h4-13H,1-3H3. The summed E-state index contributed by atoms with van der Waals surface area (Å²) in [4.78, 5) is 4.70. The molecule has 1 heterocycles. The maximum Gasteiger partial charge on any atom is 0.101 e. The minimum Gasteiger partial charge on any atom is -0.245 e. The highest BCUT2D eigenvalue weighted by Gasteiger charge is 2.17. The topological polar surface area (TPSA) is 60.5 Å². The van der Waals surface area contributed by atoms with Crippen molar-refractivity contribution >= 4 is 0 Å². The molecule has 3 heteroatoms. The van der Waals surface area contributed by atoms with Gasteiger partial charge in [0, 0.05) is 11.1 Å². The second-order valence-corrected chi connectivity index (χ2v) is 7.20. The van der Waals surface area contributed by atoms with Crippen molar-refractivity contribution in [1.29, 1.82) is 10.5 Å². The molecule has 3 aromatic rings. The highest BCUT2D eigenvalue weighted by molar-refractivity contribution is 5.75. The van der Waals surface area contributed by atoms with Crippen molar-refractivity contribution in [2.75, 3.05) is 0 Å². The third kappa shape index (κ3) is 3.34. The smallest absolute Gasteiger partial charge is 0.101 e. The van der Waals surface area contributed by atoms with Crippen LogP contribution in [-0.4, -0.2) is 4.98 Å². The van der Waals surface area contributed by atoms with E-state index < -0.39 is 0 Å². The van der Waals surface area contributed by atoms with E-state index in [2.05, 4.69) is 45.0 Å². The van der Waals surface area contributed by atoms with Crippen LogP contribution in [0.1, 0.15) is 37.5 Å². The van der Waals surface area contributed by atoms with Crippen molar-refractivity contribution in [3.63, 3.8) is 0 Å². The summed E-state index contributed by atoms with van der Waals surface area (Å²) >= 11 is 0. The fourth-order valence-corrected chi connectivity index (χ4v) is 2.85. The van der Waals surface area contributed by atoms with Gasteiger partial charge < -0.3 is 0 Å². The Kier molecular flexibility index (Phi) is 4.57. The Labute approximate surface area is 154 Å². The van der Waals surface area contributed by atoms with Crippen molar-refractivity contribution in [2.45, 2.75) is 26.2 Å². The van der Waals surface area contributed by atoms with Gasteiger partial charge in [-0.3, -0.25) is 0 Å². The van der Waals surface area contributed by atoms with E-state index in [4.69, 9.17) is 4.98 Å². The van der Waals surface area contributed by atoms with Gasteiger partial charge in [0.2, 0.25) is 0 Å². The zero-order chi connectivity index (χ0) is 18.7.